The van der Waals surface area contributed by atoms with Crippen LogP contribution in [-0.2, 0) is 11.3 Å². The largest absolute Gasteiger partial charge is 0.480 e. The number of nitrogens with zero attached hydrogens (tertiary/aromatic N) is 1. The number of urea groups is 1. The van der Waals surface area contributed by atoms with Crippen LogP contribution < -0.4 is 5.32 Å². The van der Waals surface area contributed by atoms with Gasteiger partial charge in [-0.3, -0.25) is 0 Å². The van der Waals surface area contributed by atoms with Gasteiger partial charge in [0.05, 0.1) is 12.8 Å². The highest BCUT2D eigenvalue weighted by Crippen LogP contribution is 2.28. The highest BCUT2D eigenvalue weighted by molar-refractivity contribution is 5.82. The monoisotopic (exact) mass is 282 g/mol. The number of hydrogen-bond acceptors (Lipinski definition) is 4. The van der Waals surface area contributed by atoms with Crippen LogP contribution in [0.1, 0.15) is 25.0 Å². The molecule has 1 fully saturated rings. The third-order valence-electron chi connectivity index (χ3n) is 3.17. The lowest BCUT2D eigenvalue weighted by Crippen LogP contribution is -2.48. The molecular weight excluding hydrogens is 264 g/mol. The van der Waals surface area contributed by atoms with Gasteiger partial charge in [-0.1, -0.05) is 0 Å². The molecule has 1 saturated carbocycles. The van der Waals surface area contributed by atoms with Gasteiger partial charge in [0.2, 0.25) is 0 Å². The summed E-state index contributed by atoms with van der Waals surface area (Å²) in [6.45, 7) is 0.0216. The lowest BCUT2D eigenvalue weighted by atomic mass is 10.2. The number of rotatable bonds is 7. The molecule has 1 aromatic rings. The number of amides is 2. The van der Waals surface area contributed by atoms with Gasteiger partial charge in [-0.05, 0) is 25.0 Å². The van der Waals surface area contributed by atoms with E-state index in [1.807, 2.05) is 0 Å². The van der Waals surface area contributed by atoms with E-state index in [1.165, 1.54) is 6.26 Å². The van der Waals surface area contributed by atoms with Crippen molar-refractivity contribution in [2.45, 2.75) is 37.9 Å². The molecular formula is C13H18N2O5. The van der Waals surface area contributed by atoms with E-state index < -0.39 is 18.0 Å². The molecule has 7 heteroatoms. The maximum Gasteiger partial charge on any atom is 0.326 e. The fourth-order valence-electron chi connectivity index (χ4n) is 1.94. The first-order valence-corrected chi connectivity index (χ1v) is 6.55. The smallest absolute Gasteiger partial charge is 0.326 e. The third-order valence-corrected chi connectivity index (χ3v) is 3.17. The van der Waals surface area contributed by atoms with Crippen LogP contribution in [0, 0.1) is 0 Å². The van der Waals surface area contributed by atoms with E-state index >= 15 is 0 Å². The Morgan fingerprint density at radius 3 is 2.75 bits per heavy atom. The summed E-state index contributed by atoms with van der Waals surface area (Å²) in [7, 11) is 0. The molecule has 1 aromatic heterocycles. The van der Waals surface area contributed by atoms with Crippen molar-refractivity contribution in [1.29, 1.82) is 0 Å². The van der Waals surface area contributed by atoms with Gasteiger partial charge in [0, 0.05) is 19.1 Å². The van der Waals surface area contributed by atoms with Gasteiger partial charge in [-0.2, -0.15) is 0 Å². The lowest BCUT2D eigenvalue weighted by Gasteiger charge is -2.24. The average Bonchev–Trinajstić information content (AvgIpc) is 3.12. The molecule has 0 saturated heterocycles. The summed E-state index contributed by atoms with van der Waals surface area (Å²) in [6, 6.07) is 2.12. The van der Waals surface area contributed by atoms with Crippen LogP contribution in [0.2, 0.25) is 0 Å². The first kappa shape index (κ1) is 14.4. The molecule has 1 aliphatic carbocycles. The van der Waals surface area contributed by atoms with Crippen molar-refractivity contribution >= 4 is 12.0 Å². The summed E-state index contributed by atoms with van der Waals surface area (Å²) in [5, 5.41) is 20.2. The summed E-state index contributed by atoms with van der Waals surface area (Å²) in [5.74, 6) is -0.498. The minimum Gasteiger partial charge on any atom is -0.480 e. The van der Waals surface area contributed by atoms with Crippen LogP contribution in [0.4, 0.5) is 4.79 Å². The number of carboxylic acid groups (broad SMARTS) is 1. The molecule has 1 atom stereocenters. The van der Waals surface area contributed by atoms with Gasteiger partial charge in [0.25, 0.3) is 0 Å². The molecule has 0 bridgehead atoms. The van der Waals surface area contributed by atoms with Crippen LogP contribution in [0.3, 0.4) is 0 Å². The van der Waals surface area contributed by atoms with Gasteiger partial charge in [0.1, 0.15) is 11.8 Å². The Kier molecular flexibility index (Phi) is 4.62. The normalized spacial score (nSPS) is 15.7. The van der Waals surface area contributed by atoms with Crippen LogP contribution in [0.15, 0.2) is 22.8 Å². The average molecular weight is 282 g/mol. The molecule has 20 heavy (non-hydrogen) atoms. The molecule has 0 aromatic carbocycles. The standard InChI is InChI=1S/C13H18N2O5/c16-6-5-11(12(17)18)14-13(19)15(9-3-4-9)8-10-2-1-7-20-10/h1-2,7,9,11,16H,3-6,8H2,(H,14,19)(H,17,18). The fourth-order valence-corrected chi connectivity index (χ4v) is 1.94. The first-order chi connectivity index (χ1) is 9.61. The van der Waals surface area contributed by atoms with Crippen molar-refractivity contribution in [3.8, 4) is 0 Å². The van der Waals surface area contributed by atoms with Gasteiger partial charge in [0.15, 0.2) is 0 Å². The van der Waals surface area contributed by atoms with Crippen molar-refractivity contribution in [3.63, 3.8) is 0 Å². The lowest BCUT2D eigenvalue weighted by molar-refractivity contribution is -0.139. The Labute approximate surface area is 116 Å². The molecule has 1 unspecified atom stereocenters. The highest BCUT2D eigenvalue weighted by atomic mass is 16.4. The second-order valence-electron chi connectivity index (χ2n) is 4.79. The summed E-state index contributed by atoms with van der Waals surface area (Å²) < 4.78 is 5.21. The van der Waals surface area contributed by atoms with Crippen LogP contribution in [0.25, 0.3) is 0 Å². The van der Waals surface area contributed by atoms with Crippen LogP contribution in [0.5, 0.6) is 0 Å². The Hall–Kier alpha value is -2.02. The molecule has 1 heterocycles. The number of aliphatic carboxylic acids is 1. The van der Waals surface area contributed by atoms with Crippen LogP contribution in [-0.4, -0.2) is 45.8 Å². The Morgan fingerprint density at radius 1 is 1.50 bits per heavy atom. The van der Waals surface area contributed by atoms with Crippen molar-refractivity contribution in [3.05, 3.63) is 24.2 Å². The second-order valence-corrected chi connectivity index (χ2v) is 4.79. The number of nitrogens with one attached hydrogen (secondary N) is 1. The Bertz CT molecular complexity index is 455. The SMILES string of the molecule is O=C(O)C(CCO)NC(=O)N(Cc1ccco1)C1CC1. The maximum atomic E-state index is 12.2. The van der Waals surface area contributed by atoms with Crippen LogP contribution >= 0.6 is 0 Å². The number of aliphatic hydroxyl groups is 1. The number of carbonyl (C=O) groups is 2. The fraction of sp³-hybridized carbons (Fsp3) is 0.538. The second kappa shape index (κ2) is 6.42. The van der Waals surface area contributed by atoms with Gasteiger partial charge >= 0.3 is 12.0 Å². The van der Waals surface area contributed by atoms with E-state index in [9.17, 15) is 9.59 Å². The molecule has 1 aliphatic rings. The van der Waals surface area contributed by atoms with Crippen molar-refractivity contribution in [1.82, 2.24) is 10.2 Å². The van der Waals surface area contributed by atoms with Crippen molar-refractivity contribution in [2.24, 2.45) is 0 Å². The summed E-state index contributed by atoms with van der Waals surface area (Å²) >= 11 is 0. The molecule has 110 valence electrons. The van der Waals surface area contributed by atoms with E-state index in [1.54, 1.807) is 17.0 Å². The molecule has 0 spiro atoms. The van der Waals surface area contributed by atoms with E-state index in [-0.39, 0.29) is 19.1 Å². The zero-order valence-electron chi connectivity index (χ0n) is 11.0. The Morgan fingerprint density at radius 2 is 2.25 bits per heavy atom. The van der Waals surface area contributed by atoms with E-state index in [2.05, 4.69) is 5.32 Å². The Balaban J connectivity index is 1.97. The molecule has 7 nitrogen and oxygen atoms in total. The number of furan rings is 1. The number of hydrogen-bond donors (Lipinski definition) is 3. The summed E-state index contributed by atoms with van der Waals surface area (Å²) in [6.07, 6.45) is 3.34. The third kappa shape index (κ3) is 3.74. The zero-order chi connectivity index (χ0) is 14.5. The minimum absolute atomic E-state index is 0.0136. The minimum atomic E-state index is -1.15. The highest BCUT2D eigenvalue weighted by Gasteiger charge is 2.34. The predicted octanol–water partition coefficient (Wildman–Crippen LogP) is 0.789. The predicted molar refractivity (Wildman–Crippen MR) is 68.9 cm³/mol. The molecule has 3 N–H and O–H groups in total. The molecule has 0 aliphatic heterocycles. The summed E-state index contributed by atoms with van der Waals surface area (Å²) in [4.78, 5) is 24.7. The maximum absolute atomic E-state index is 12.2. The first-order valence-electron chi connectivity index (χ1n) is 6.55. The van der Waals surface area contributed by atoms with Gasteiger partial charge in [-0.25, -0.2) is 9.59 Å². The quantitative estimate of drug-likeness (QED) is 0.686. The van der Waals surface area contributed by atoms with E-state index in [4.69, 9.17) is 14.6 Å². The topological polar surface area (TPSA) is 103 Å². The number of carbonyl (C=O) groups excluding carboxylic acids is 1. The van der Waals surface area contributed by atoms with Crippen molar-refractivity contribution in [2.75, 3.05) is 6.61 Å². The van der Waals surface area contributed by atoms with Crippen molar-refractivity contribution < 1.29 is 24.2 Å². The van der Waals surface area contributed by atoms with Gasteiger partial charge in [-0.15, -0.1) is 0 Å². The number of carboxylic acids is 1. The summed E-state index contributed by atoms with van der Waals surface area (Å²) in [5.41, 5.74) is 0. The van der Waals surface area contributed by atoms with E-state index in [0.717, 1.165) is 12.8 Å². The van der Waals surface area contributed by atoms with E-state index in [0.29, 0.717) is 12.3 Å². The molecule has 0 radical (unpaired) electrons. The molecule has 2 amide bonds. The van der Waals surface area contributed by atoms with Gasteiger partial charge < -0.3 is 24.8 Å². The molecule has 2 rings (SSSR count). The zero-order valence-corrected chi connectivity index (χ0v) is 11.0. The number of aliphatic hydroxyl groups excluding tert-OH is 1.